The van der Waals surface area contributed by atoms with Crippen molar-refractivity contribution in [2.24, 2.45) is 4.99 Å². The van der Waals surface area contributed by atoms with E-state index in [1.54, 1.807) is 34.9 Å². The lowest BCUT2D eigenvalue weighted by molar-refractivity contribution is -0.384. The highest BCUT2D eigenvalue weighted by atomic mass is 32.2. The molecular formula is C22H23N3O3S. The number of hydrogen-bond donors (Lipinski definition) is 0. The highest BCUT2D eigenvalue weighted by Gasteiger charge is 2.22. The van der Waals surface area contributed by atoms with Gasteiger partial charge in [0.25, 0.3) is 11.6 Å². The molecule has 1 fully saturated rings. The molecule has 0 bridgehead atoms. The maximum Gasteiger partial charge on any atom is 0.270 e. The molecule has 2 aromatic carbocycles. The van der Waals surface area contributed by atoms with Crippen LogP contribution in [0.1, 0.15) is 37.3 Å². The van der Waals surface area contributed by atoms with E-state index in [-0.39, 0.29) is 11.6 Å². The Bertz CT molecular complexity index is 969. The van der Waals surface area contributed by atoms with E-state index in [2.05, 4.69) is 19.9 Å². The third kappa shape index (κ3) is 5.32. The molecule has 29 heavy (non-hydrogen) atoms. The summed E-state index contributed by atoms with van der Waals surface area (Å²) >= 11 is 1.57. The van der Waals surface area contributed by atoms with Crippen LogP contribution in [0.5, 0.6) is 0 Å². The molecule has 0 unspecified atom stereocenters. The highest BCUT2D eigenvalue weighted by molar-refractivity contribution is 8.13. The number of thioether (sulfide) groups is 1. The molecule has 1 amide bonds. The maximum absolute atomic E-state index is 12.8. The molecule has 3 rings (SSSR count). The Morgan fingerprint density at radius 1 is 1.24 bits per heavy atom. The van der Waals surface area contributed by atoms with Gasteiger partial charge < -0.3 is 0 Å². The molecule has 0 aromatic heterocycles. The van der Waals surface area contributed by atoms with Crippen LogP contribution in [-0.2, 0) is 4.79 Å². The first-order valence-corrected chi connectivity index (χ1v) is 10.5. The van der Waals surface area contributed by atoms with Gasteiger partial charge >= 0.3 is 0 Å². The number of amidine groups is 1. The van der Waals surface area contributed by atoms with Crippen LogP contribution in [0.15, 0.2) is 59.6 Å². The standard InChI is InChI=1S/C22H23N3O3S/c1-16(2)19-9-3-4-10-20(19)23-22-24(13-6-14-29-22)21(26)12-11-17-7-5-8-18(15-17)25(27)28/h3-5,7-12,15-16H,6,13-14H2,1-2H3/b12-11+,23-22?. The van der Waals surface area contributed by atoms with Crippen LogP contribution in [0.3, 0.4) is 0 Å². The highest BCUT2D eigenvalue weighted by Crippen LogP contribution is 2.29. The summed E-state index contributed by atoms with van der Waals surface area (Å²) in [6, 6.07) is 14.2. The number of nitrogens with zero attached hydrogens (tertiary/aromatic N) is 3. The van der Waals surface area contributed by atoms with Crippen LogP contribution >= 0.6 is 11.8 Å². The predicted molar refractivity (Wildman–Crippen MR) is 119 cm³/mol. The summed E-state index contributed by atoms with van der Waals surface area (Å²) in [6.45, 7) is 4.85. The summed E-state index contributed by atoms with van der Waals surface area (Å²) in [4.78, 5) is 29.8. The average Bonchev–Trinajstić information content (AvgIpc) is 2.73. The fourth-order valence-corrected chi connectivity index (χ4v) is 3.99. The van der Waals surface area contributed by atoms with Gasteiger partial charge in [-0.3, -0.25) is 19.8 Å². The van der Waals surface area contributed by atoms with Crippen molar-refractivity contribution in [3.63, 3.8) is 0 Å². The molecule has 1 aliphatic heterocycles. The van der Waals surface area contributed by atoms with Gasteiger partial charge in [-0.15, -0.1) is 0 Å². The van der Waals surface area contributed by atoms with Crippen molar-refractivity contribution in [2.75, 3.05) is 12.3 Å². The fraction of sp³-hybridized carbons (Fsp3) is 0.273. The quantitative estimate of drug-likeness (QED) is 0.377. The molecular weight excluding hydrogens is 386 g/mol. The Morgan fingerprint density at radius 3 is 2.79 bits per heavy atom. The molecule has 0 aliphatic carbocycles. The summed E-state index contributed by atoms with van der Waals surface area (Å²) in [5.74, 6) is 1.08. The van der Waals surface area contributed by atoms with Crippen molar-refractivity contribution < 1.29 is 9.72 Å². The Labute approximate surface area is 174 Å². The molecule has 0 N–H and O–H groups in total. The molecule has 0 saturated carbocycles. The van der Waals surface area contributed by atoms with Crippen molar-refractivity contribution in [1.82, 2.24) is 4.90 Å². The van der Waals surface area contributed by atoms with Gasteiger partial charge in [-0.25, -0.2) is 4.99 Å². The minimum Gasteiger partial charge on any atom is -0.288 e. The van der Waals surface area contributed by atoms with E-state index in [0.29, 0.717) is 23.2 Å². The zero-order chi connectivity index (χ0) is 20.8. The molecule has 0 spiro atoms. The Morgan fingerprint density at radius 2 is 2.03 bits per heavy atom. The van der Waals surface area contributed by atoms with Crippen molar-refractivity contribution in [2.45, 2.75) is 26.2 Å². The third-order valence-corrected chi connectivity index (χ3v) is 5.59. The first-order valence-electron chi connectivity index (χ1n) is 9.50. The molecule has 0 radical (unpaired) electrons. The summed E-state index contributed by atoms with van der Waals surface area (Å²) in [5, 5.41) is 11.6. The summed E-state index contributed by atoms with van der Waals surface area (Å²) < 4.78 is 0. The number of amides is 1. The minimum absolute atomic E-state index is 0.000621. The smallest absolute Gasteiger partial charge is 0.270 e. The van der Waals surface area contributed by atoms with Crippen molar-refractivity contribution >= 4 is 40.3 Å². The van der Waals surface area contributed by atoms with Crippen LogP contribution in [0.4, 0.5) is 11.4 Å². The van der Waals surface area contributed by atoms with E-state index in [4.69, 9.17) is 4.99 Å². The van der Waals surface area contributed by atoms with Gasteiger partial charge in [0.15, 0.2) is 5.17 Å². The summed E-state index contributed by atoms with van der Waals surface area (Å²) in [5.41, 5.74) is 2.64. The maximum atomic E-state index is 12.8. The monoisotopic (exact) mass is 409 g/mol. The van der Waals surface area contributed by atoms with Gasteiger partial charge in [0.05, 0.1) is 10.6 Å². The molecule has 150 valence electrons. The van der Waals surface area contributed by atoms with E-state index in [1.807, 2.05) is 18.2 Å². The van der Waals surface area contributed by atoms with Gasteiger partial charge in [0.1, 0.15) is 0 Å². The van der Waals surface area contributed by atoms with Gasteiger partial charge in [0.2, 0.25) is 0 Å². The summed E-state index contributed by atoms with van der Waals surface area (Å²) in [6.07, 6.45) is 3.95. The van der Waals surface area contributed by atoms with Crippen LogP contribution < -0.4 is 0 Å². The van der Waals surface area contributed by atoms with E-state index in [9.17, 15) is 14.9 Å². The molecule has 2 aromatic rings. The Kier molecular flexibility index (Phi) is 6.82. The molecule has 0 atom stereocenters. The van der Waals surface area contributed by atoms with E-state index in [0.717, 1.165) is 23.4 Å². The number of non-ortho nitro benzene ring substituents is 1. The molecule has 7 heteroatoms. The number of aliphatic imine (C=N–C) groups is 1. The topological polar surface area (TPSA) is 75.8 Å². The number of hydrogen-bond acceptors (Lipinski definition) is 5. The van der Waals surface area contributed by atoms with E-state index < -0.39 is 4.92 Å². The average molecular weight is 410 g/mol. The predicted octanol–water partition coefficient (Wildman–Crippen LogP) is 5.38. The number of nitro groups is 1. The SMILES string of the molecule is CC(C)c1ccccc1N=C1SCCCN1C(=O)/C=C/c1cccc([N+](=O)[O-])c1. The van der Waals surface area contributed by atoms with Crippen molar-refractivity contribution in [3.8, 4) is 0 Å². The first kappa shape index (κ1) is 20.8. The third-order valence-electron chi connectivity index (χ3n) is 4.53. The largest absolute Gasteiger partial charge is 0.288 e. The lowest BCUT2D eigenvalue weighted by Gasteiger charge is -2.27. The molecule has 6 nitrogen and oxygen atoms in total. The second kappa shape index (κ2) is 9.52. The molecule has 1 aliphatic rings. The normalized spacial score (nSPS) is 16.0. The number of nitro benzene ring substituents is 1. The Hall–Kier alpha value is -2.93. The number of carbonyl (C=O) groups is 1. The zero-order valence-corrected chi connectivity index (χ0v) is 17.3. The number of carbonyl (C=O) groups excluding carboxylic acids is 1. The Balaban J connectivity index is 1.83. The van der Waals surface area contributed by atoms with Crippen molar-refractivity contribution in [1.29, 1.82) is 0 Å². The lowest BCUT2D eigenvalue weighted by atomic mass is 10.0. The van der Waals surface area contributed by atoms with Crippen LogP contribution in [0, 0.1) is 10.1 Å². The zero-order valence-electron chi connectivity index (χ0n) is 16.4. The van der Waals surface area contributed by atoms with E-state index in [1.165, 1.54) is 18.2 Å². The van der Waals surface area contributed by atoms with Gasteiger partial charge in [-0.1, -0.05) is 55.9 Å². The number of benzene rings is 2. The van der Waals surface area contributed by atoms with Crippen LogP contribution in [-0.4, -0.2) is 33.2 Å². The van der Waals surface area contributed by atoms with Gasteiger partial charge in [-0.05, 0) is 35.6 Å². The molecule has 1 heterocycles. The number of para-hydroxylation sites is 1. The van der Waals surface area contributed by atoms with Gasteiger partial charge in [0, 0.05) is 30.5 Å². The van der Waals surface area contributed by atoms with Crippen LogP contribution in [0.25, 0.3) is 6.08 Å². The van der Waals surface area contributed by atoms with Gasteiger partial charge in [-0.2, -0.15) is 0 Å². The number of rotatable bonds is 5. The second-order valence-corrected chi connectivity index (χ2v) is 8.05. The second-order valence-electron chi connectivity index (χ2n) is 6.99. The molecule has 1 saturated heterocycles. The minimum atomic E-state index is -0.447. The first-order chi connectivity index (χ1) is 14.0. The van der Waals surface area contributed by atoms with Crippen molar-refractivity contribution in [3.05, 3.63) is 75.8 Å². The lowest BCUT2D eigenvalue weighted by Crippen LogP contribution is -2.38. The fourth-order valence-electron chi connectivity index (χ4n) is 3.04. The van der Waals surface area contributed by atoms with E-state index >= 15 is 0 Å². The van der Waals surface area contributed by atoms with Crippen LogP contribution in [0.2, 0.25) is 0 Å². The summed E-state index contributed by atoms with van der Waals surface area (Å²) in [7, 11) is 0.